The minimum absolute atomic E-state index is 0.282. The lowest BCUT2D eigenvalue weighted by molar-refractivity contribution is 0.622. The molecule has 21 heavy (non-hydrogen) atoms. The summed E-state index contributed by atoms with van der Waals surface area (Å²) in [6.07, 6.45) is 2.16. The summed E-state index contributed by atoms with van der Waals surface area (Å²) >= 11 is 2.44. The summed E-state index contributed by atoms with van der Waals surface area (Å²) in [5.74, 6) is 0. The Balaban J connectivity index is 2.54. The van der Waals surface area contributed by atoms with Gasteiger partial charge in [0, 0.05) is 3.57 Å². The summed E-state index contributed by atoms with van der Waals surface area (Å²) in [7, 11) is 0. The molecular weight excluding hydrogens is 369 g/mol. The van der Waals surface area contributed by atoms with Crippen LogP contribution >= 0.6 is 22.6 Å². The quantitative estimate of drug-likeness (QED) is 0.673. The van der Waals surface area contributed by atoms with E-state index < -0.39 is 0 Å². The molecule has 0 saturated heterocycles. The molecule has 0 aliphatic heterocycles. The van der Waals surface area contributed by atoms with Gasteiger partial charge in [0.05, 0.1) is 6.04 Å². The Labute approximate surface area is 142 Å². The van der Waals surface area contributed by atoms with Crippen molar-refractivity contribution in [3.8, 4) is 0 Å². The Kier molecular flexibility index (Phi) is 6.24. The van der Waals surface area contributed by atoms with Crippen molar-refractivity contribution in [2.45, 2.75) is 39.7 Å². The molecule has 2 rings (SSSR count). The van der Waals surface area contributed by atoms with Crippen molar-refractivity contribution < 1.29 is 0 Å². The molecule has 2 aromatic rings. The summed E-state index contributed by atoms with van der Waals surface area (Å²) in [6, 6.07) is 15.9. The summed E-state index contributed by atoms with van der Waals surface area (Å²) < 4.78 is 1.32. The minimum atomic E-state index is 0.282. The van der Waals surface area contributed by atoms with E-state index in [-0.39, 0.29) is 6.04 Å². The SMILES string of the molecule is CCNC(c1ccccc1I)c1cc(CC)ccc1CC. The maximum atomic E-state index is 3.68. The van der Waals surface area contributed by atoms with Crippen LogP contribution in [0.2, 0.25) is 0 Å². The molecular formula is C19H24IN. The Morgan fingerprint density at radius 1 is 0.952 bits per heavy atom. The van der Waals surface area contributed by atoms with Crippen molar-refractivity contribution in [3.05, 3.63) is 68.3 Å². The molecule has 0 aliphatic carbocycles. The summed E-state index contributed by atoms with van der Waals surface area (Å²) in [6.45, 7) is 7.61. The number of hydrogen-bond donors (Lipinski definition) is 1. The van der Waals surface area contributed by atoms with Crippen LogP contribution in [0, 0.1) is 3.57 Å². The van der Waals surface area contributed by atoms with Gasteiger partial charge in [-0.3, -0.25) is 0 Å². The van der Waals surface area contributed by atoms with Gasteiger partial charge in [0.2, 0.25) is 0 Å². The van der Waals surface area contributed by atoms with Crippen LogP contribution < -0.4 is 5.32 Å². The highest BCUT2D eigenvalue weighted by Gasteiger charge is 2.18. The summed E-state index contributed by atoms with van der Waals surface area (Å²) in [5.41, 5.74) is 5.67. The molecule has 0 aromatic heterocycles. The minimum Gasteiger partial charge on any atom is -0.306 e. The number of hydrogen-bond acceptors (Lipinski definition) is 1. The van der Waals surface area contributed by atoms with Crippen LogP contribution in [0.25, 0.3) is 0 Å². The van der Waals surface area contributed by atoms with Gasteiger partial charge in [-0.2, -0.15) is 0 Å². The highest BCUT2D eigenvalue weighted by molar-refractivity contribution is 14.1. The summed E-state index contributed by atoms with van der Waals surface area (Å²) in [4.78, 5) is 0. The third kappa shape index (κ3) is 3.86. The van der Waals surface area contributed by atoms with Crippen molar-refractivity contribution in [2.24, 2.45) is 0 Å². The average Bonchev–Trinajstić information content (AvgIpc) is 2.53. The van der Waals surface area contributed by atoms with E-state index >= 15 is 0 Å². The van der Waals surface area contributed by atoms with Gasteiger partial charge in [0.15, 0.2) is 0 Å². The summed E-state index contributed by atoms with van der Waals surface area (Å²) in [5, 5.41) is 3.68. The van der Waals surface area contributed by atoms with Crippen LogP contribution in [0.15, 0.2) is 42.5 Å². The molecule has 0 bridgehead atoms. The molecule has 0 aliphatic rings. The van der Waals surface area contributed by atoms with Gasteiger partial charge in [0.1, 0.15) is 0 Å². The number of benzene rings is 2. The molecule has 0 fully saturated rings. The van der Waals surface area contributed by atoms with E-state index in [0.29, 0.717) is 0 Å². The third-order valence-electron chi connectivity index (χ3n) is 3.93. The van der Waals surface area contributed by atoms with Crippen LogP contribution in [-0.2, 0) is 12.8 Å². The van der Waals surface area contributed by atoms with Crippen molar-refractivity contribution in [3.63, 3.8) is 0 Å². The van der Waals surface area contributed by atoms with Crippen LogP contribution in [0.1, 0.15) is 49.1 Å². The van der Waals surface area contributed by atoms with E-state index in [0.717, 1.165) is 19.4 Å². The van der Waals surface area contributed by atoms with Gasteiger partial charge < -0.3 is 5.32 Å². The standard InChI is InChI=1S/C19H24IN/c1-4-14-11-12-15(5-2)17(13-14)19(21-6-3)16-9-7-8-10-18(16)20/h7-13,19,21H,4-6H2,1-3H3. The van der Waals surface area contributed by atoms with Gasteiger partial charge in [-0.25, -0.2) is 0 Å². The first-order chi connectivity index (χ1) is 10.2. The molecule has 2 heteroatoms. The second kappa shape index (κ2) is 7.95. The molecule has 0 spiro atoms. The van der Waals surface area contributed by atoms with Gasteiger partial charge in [-0.15, -0.1) is 0 Å². The molecule has 1 unspecified atom stereocenters. The van der Waals surface area contributed by atoms with Gasteiger partial charge >= 0.3 is 0 Å². The van der Waals surface area contributed by atoms with Crippen LogP contribution in [0.5, 0.6) is 0 Å². The zero-order valence-electron chi connectivity index (χ0n) is 13.1. The van der Waals surface area contributed by atoms with E-state index in [9.17, 15) is 0 Å². The average molecular weight is 393 g/mol. The normalized spacial score (nSPS) is 12.4. The van der Waals surface area contributed by atoms with E-state index in [1.54, 1.807) is 0 Å². The van der Waals surface area contributed by atoms with Gasteiger partial charge in [0.25, 0.3) is 0 Å². The van der Waals surface area contributed by atoms with Crippen molar-refractivity contribution >= 4 is 22.6 Å². The zero-order valence-corrected chi connectivity index (χ0v) is 15.3. The Morgan fingerprint density at radius 3 is 2.33 bits per heavy atom. The second-order valence-electron chi connectivity index (χ2n) is 5.25. The molecule has 1 atom stereocenters. The van der Waals surface area contributed by atoms with Crippen molar-refractivity contribution in [1.29, 1.82) is 0 Å². The first-order valence-electron chi connectivity index (χ1n) is 7.80. The fraction of sp³-hybridized carbons (Fsp3) is 0.368. The zero-order chi connectivity index (χ0) is 15.2. The lowest BCUT2D eigenvalue weighted by atomic mass is 9.91. The molecule has 112 valence electrons. The Hall–Kier alpha value is -0.870. The van der Waals surface area contributed by atoms with Crippen molar-refractivity contribution in [2.75, 3.05) is 6.54 Å². The van der Waals surface area contributed by atoms with E-state index in [4.69, 9.17) is 0 Å². The maximum absolute atomic E-state index is 3.68. The molecule has 1 N–H and O–H groups in total. The first-order valence-corrected chi connectivity index (χ1v) is 8.88. The smallest absolute Gasteiger partial charge is 0.0589 e. The number of nitrogens with one attached hydrogen (secondary N) is 1. The first kappa shape index (κ1) is 16.5. The fourth-order valence-electron chi connectivity index (χ4n) is 2.76. The third-order valence-corrected chi connectivity index (χ3v) is 4.92. The van der Waals surface area contributed by atoms with E-state index in [1.807, 2.05) is 0 Å². The highest BCUT2D eigenvalue weighted by Crippen LogP contribution is 2.29. The molecule has 0 heterocycles. The van der Waals surface area contributed by atoms with E-state index in [1.165, 1.54) is 25.8 Å². The van der Waals surface area contributed by atoms with Crippen LogP contribution in [0.4, 0.5) is 0 Å². The topological polar surface area (TPSA) is 12.0 Å². The molecule has 0 radical (unpaired) electrons. The second-order valence-corrected chi connectivity index (χ2v) is 6.41. The highest BCUT2D eigenvalue weighted by atomic mass is 127. The van der Waals surface area contributed by atoms with E-state index in [2.05, 4.69) is 91.1 Å². The lowest BCUT2D eigenvalue weighted by Gasteiger charge is -2.23. The lowest BCUT2D eigenvalue weighted by Crippen LogP contribution is -2.24. The fourth-order valence-corrected chi connectivity index (χ4v) is 3.45. The predicted molar refractivity (Wildman–Crippen MR) is 99.9 cm³/mol. The van der Waals surface area contributed by atoms with Gasteiger partial charge in [-0.1, -0.05) is 57.2 Å². The molecule has 1 nitrogen and oxygen atoms in total. The Bertz CT molecular complexity index is 592. The van der Waals surface area contributed by atoms with Crippen molar-refractivity contribution in [1.82, 2.24) is 5.32 Å². The number of rotatable bonds is 6. The number of halogens is 1. The number of aryl methyl sites for hydroxylation is 2. The molecule has 0 amide bonds. The Morgan fingerprint density at radius 2 is 1.71 bits per heavy atom. The van der Waals surface area contributed by atoms with Gasteiger partial charge in [-0.05, 0) is 70.3 Å². The maximum Gasteiger partial charge on any atom is 0.0589 e. The monoisotopic (exact) mass is 393 g/mol. The molecule has 0 saturated carbocycles. The molecule has 2 aromatic carbocycles. The predicted octanol–water partition coefficient (Wildman–Crippen LogP) is 5.11. The van der Waals surface area contributed by atoms with Crippen LogP contribution in [-0.4, -0.2) is 6.54 Å². The largest absolute Gasteiger partial charge is 0.306 e. The van der Waals surface area contributed by atoms with Crippen LogP contribution in [0.3, 0.4) is 0 Å².